The van der Waals surface area contributed by atoms with Gasteiger partial charge in [-0.1, -0.05) is 39.8 Å². The third-order valence-electron chi connectivity index (χ3n) is 4.02. The summed E-state index contributed by atoms with van der Waals surface area (Å²) in [6, 6.07) is 6.50. The van der Waals surface area contributed by atoms with E-state index in [1.54, 1.807) is 12.1 Å². The van der Waals surface area contributed by atoms with Crippen molar-refractivity contribution in [3.8, 4) is 0 Å². The molecule has 2 heteroatoms. The molecule has 1 nitrogen and oxygen atoms in total. The third kappa shape index (κ3) is 3.79. The predicted molar refractivity (Wildman–Crippen MR) is 76.5 cm³/mol. The third-order valence-corrected chi connectivity index (χ3v) is 4.02. The Labute approximate surface area is 115 Å². The Morgan fingerprint density at radius 1 is 0.947 bits per heavy atom. The Morgan fingerprint density at radius 3 is 1.89 bits per heavy atom. The fraction of sp³-hybridized carbons (Fsp3) is 0.647. The summed E-state index contributed by atoms with van der Waals surface area (Å²) in [7, 11) is 0. The highest BCUT2D eigenvalue weighted by Crippen LogP contribution is 2.50. The van der Waals surface area contributed by atoms with Crippen molar-refractivity contribution in [2.45, 2.75) is 59.0 Å². The Hall–Kier alpha value is -0.890. The van der Waals surface area contributed by atoms with Gasteiger partial charge in [0.05, 0.1) is 5.60 Å². The Bertz CT molecular complexity index is 429. The first-order valence-electron chi connectivity index (χ1n) is 7.06. The van der Waals surface area contributed by atoms with Crippen molar-refractivity contribution in [1.29, 1.82) is 0 Å². The maximum absolute atomic E-state index is 12.9. The van der Waals surface area contributed by atoms with Gasteiger partial charge >= 0.3 is 0 Å². The van der Waals surface area contributed by atoms with Crippen molar-refractivity contribution in [2.24, 2.45) is 10.8 Å². The summed E-state index contributed by atoms with van der Waals surface area (Å²) in [6.45, 7) is 8.90. The zero-order chi connectivity index (χ0) is 14.3. The molecule has 0 atom stereocenters. The molecule has 0 unspecified atom stereocenters. The van der Waals surface area contributed by atoms with E-state index in [9.17, 15) is 9.50 Å². The molecule has 1 fully saturated rings. The van der Waals surface area contributed by atoms with Gasteiger partial charge in [-0.25, -0.2) is 4.39 Å². The van der Waals surface area contributed by atoms with Crippen LogP contribution in [0.25, 0.3) is 0 Å². The summed E-state index contributed by atoms with van der Waals surface area (Å²) in [5.74, 6) is -0.222. The standard InChI is InChI=1S/C17H25FO/c1-15(2)10-16(3,4)12-17(19,11-15)9-13-5-7-14(18)8-6-13/h5-8,19H,9-12H2,1-4H3. The van der Waals surface area contributed by atoms with Crippen LogP contribution in [0, 0.1) is 16.6 Å². The smallest absolute Gasteiger partial charge is 0.123 e. The highest BCUT2D eigenvalue weighted by Gasteiger charge is 2.46. The van der Waals surface area contributed by atoms with Gasteiger partial charge in [-0.05, 0) is 47.8 Å². The summed E-state index contributed by atoms with van der Waals surface area (Å²) in [4.78, 5) is 0. The van der Waals surface area contributed by atoms with E-state index in [1.807, 2.05) is 0 Å². The maximum Gasteiger partial charge on any atom is 0.123 e. The van der Waals surface area contributed by atoms with Gasteiger partial charge in [0.2, 0.25) is 0 Å². The molecule has 0 saturated heterocycles. The van der Waals surface area contributed by atoms with E-state index in [2.05, 4.69) is 27.7 Å². The average molecular weight is 264 g/mol. The van der Waals surface area contributed by atoms with Crippen molar-refractivity contribution >= 4 is 0 Å². The molecule has 106 valence electrons. The number of rotatable bonds is 2. The van der Waals surface area contributed by atoms with Gasteiger partial charge in [-0.15, -0.1) is 0 Å². The van der Waals surface area contributed by atoms with Crippen LogP contribution in [0.2, 0.25) is 0 Å². The number of hydrogen-bond acceptors (Lipinski definition) is 1. The number of halogens is 1. The van der Waals surface area contributed by atoms with E-state index >= 15 is 0 Å². The molecule has 0 aromatic heterocycles. The lowest BCUT2D eigenvalue weighted by molar-refractivity contribution is -0.0851. The maximum atomic E-state index is 12.9. The lowest BCUT2D eigenvalue weighted by Gasteiger charge is -2.49. The minimum atomic E-state index is -0.678. The van der Waals surface area contributed by atoms with Crippen LogP contribution in [0.5, 0.6) is 0 Å². The van der Waals surface area contributed by atoms with Crippen LogP contribution in [0.3, 0.4) is 0 Å². The van der Waals surface area contributed by atoms with Crippen LogP contribution >= 0.6 is 0 Å². The van der Waals surface area contributed by atoms with E-state index in [4.69, 9.17) is 0 Å². The zero-order valence-electron chi connectivity index (χ0n) is 12.5. The summed E-state index contributed by atoms with van der Waals surface area (Å²) < 4.78 is 12.9. The van der Waals surface area contributed by atoms with E-state index in [1.165, 1.54) is 12.1 Å². The number of hydrogen-bond donors (Lipinski definition) is 1. The van der Waals surface area contributed by atoms with E-state index in [0.29, 0.717) is 6.42 Å². The average Bonchev–Trinajstić information content (AvgIpc) is 2.15. The van der Waals surface area contributed by atoms with Crippen LogP contribution in [-0.4, -0.2) is 10.7 Å². The van der Waals surface area contributed by atoms with Crippen LogP contribution in [0.15, 0.2) is 24.3 Å². The van der Waals surface area contributed by atoms with Crippen molar-refractivity contribution < 1.29 is 9.50 Å². The molecule has 0 bridgehead atoms. The van der Waals surface area contributed by atoms with Crippen molar-refractivity contribution in [3.63, 3.8) is 0 Å². The van der Waals surface area contributed by atoms with Crippen LogP contribution in [0.1, 0.15) is 52.5 Å². The first-order valence-corrected chi connectivity index (χ1v) is 7.06. The van der Waals surface area contributed by atoms with Crippen molar-refractivity contribution in [1.82, 2.24) is 0 Å². The molecule has 0 aliphatic heterocycles. The molecule has 19 heavy (non-hydrogen) atoms. The number of benzene rings is 1. The highest BCUT2D eigenvalue weighted by atomic mass is 19.1. The molecular weight excluding hydrogens is 239 g/mol. The monoisotopic (exact) mass is 264 g/mol. The molecular formula is C17H25FO. The molecule has 2 rings (SSSR count). The van der Waals surface area contributed by atoms with Crippen molar-refractivity contribution in [3.05, 3.63) is 35.6 Å². The number of aliphatic hydroxyl groups is 1. The van der Waals surface area contributed by atoms with E-state index < -0.39 is 5.60 Å². The predicted octanol–water partition coefficient (Wildman–Crippen LogP) is 4.34. The quantitative estimate of drug-likeness (QED) is 0.842. The zero-order valence-corrected chi connectivity index (χ0v) is 12.5. The van der Waals surface area contributed by atoms with Gasteiger partial charge in [0.25, 0.3) is 0 Å². The summed E-state index contributed by atoms with van der Waals surface area (Å²) in [6.07, 6.45) is 3.35. The molecule has 0 spiro atoms. The van der Waals surface area contributed by atoms with Gasteiger partial charge in [-0.3, -0.25) is 0 Å². The second kappa shape index (κ2) is 4.59. The van der Waals surface area contributed by atoms with E-state index in [-0.39, 0.29) is 16.6 Å². The molecule has 1 aliphatic rings. The minimum absolute atomic E-state index is 0.149. The molecule has 1 saturated carbocycles. The molecule has 0 amide bonds. The largest absolute Gasteiger partial charge is 0.390 e. The lowest BCUT2D eigenvalue weighted by atomic mass is 9.58. The van der Waals surface area contributed by atoms with Crippen molar-refractivity contribution in [2.75, 3.05) is 0 Å². The van der Waals surface area contributed by atoms with Crippen LogP contribution in [-0.2, 0) is 6.42 Å². The van der Waals surface area contributed by atoms with Crippen LogP contribution in [0.4, 0.5) is 4.39 Å². The Kier molecular flexibility index (Phi) is 3.51. The fourth-order valence-corrected chi connectivity index (χ4v) is 4.37. The molecule has 1 aromatic rings. The van der Waals surface area contributed by atoms with Gasteiger partial charge in [0, 0.05) is 6.42 Å². The molecule has 0 radical (unpaired) electrons. The first kappa shape index (κ1) is 14.5. The normalized spacial score (nSPS) is 24.1. The van der Waals surface area contributed by atoms with Gasteiger partial charge < -0.3 is 5.11 Å². The molecule has 1 aromatic carbocycles. The van der Waals surface area contributed by atoms with Crippen LogP contribution < -0.4 is 0 Å². The summed E-state index contributed by atoms with van der Waals surface area (Å²) in [5, 5.41) is 11.0. The fourth-order valence-electron chi connectivity index (χ4n) is 4.37. The van der Waals surface area contributed by atoms with Gasteiger partial charge in [0.1, 0.15) is 5.82 Å². The summed E-state index contributed by atoms with van der Waals surface area (Å²) >= 11 is 0. The Morgan fingerprint density at radius 2 is 1.42 bits per heavy atom. The second-order valence-electron chi connectivity index (χ2n) is 7.89. The van der Waals surface area contributed by atoms with Gasteiger partial charge in [0.15, 0.2) is 0 Å². The molecule has 0 heterocycles. The summed E-state index contributed by atoms with van der Waals surface area (Å²) in [5.41, 5.74) is 0.633. The molecule has 1 N–H and O–H groups in total. The first-order chi connectivity index (χ1) is 8.59. The highest BCUT2D eigenvalue weighted by molar-refractivity contribution is 5.19. The SMILES string of the molecule is CC1(C)CC(C)(C)CC(O)(Cc2ccc(F)cc2)C1. The second-order valence-corrected chi connectivity index (χ2v) is 7.89. The topological polar surface area (TPSA) is 20.2 Å². The van der Waals surface area contributed by atoms with Gasteiger partial charge in [-0.2, -0.15) is 0 Å². The lowest BCUT2D eigenvalue weighted by Crippen LogP contribution is -2.47. The van der Waals surface area contributed by atoms with E-state index in [0.717, 1.165) is 24.8 Å². The minimum Gasteiger partial charge on any atom is -0.390 e. The molecule has 1 aliphatic carbocycles. The Balaban J connectivity index is 2.19.